The summed E-state index contributed by atoms with van der Waals surface area (Å²) in [6, 6.07) is 12.9. The summed E-state index contributed by atoms with van der Waals surface area (Å²) in [6.45, 7) is 0.221. The van der Waals surface area contributed by atoms with E-state index in [1.807, 2.05) is 24.4 Å². The van der Waals surface area contributed by atoms with Gasteiger partial charge in [0, 0.05) is 30.8 Å². The molecule has 2 aromatic heterocycles. The Balaban J connectivity index is 1.68. The van der Waals surface area contributed by atoms with Gasteiger partial charge in [0.25, 0.3) is 0 Å². The van der Waals surface area contributed by atoms with E-state index in [0.29, 0.717) is 0 Å². The molecule has 1 aliphatic heterocycles. The van der Waals surface area contributed by atoms with Gasteiger partial charge in [-0.1, -0.05) is 12.1 Å². The molecule has 3 heterocycles. The second-order valence-corrected chi connectivity index (χ2v) is 7.07. The van der Waals surface area contributed by atoms with Crippen LogP contribution in [-0.4, -0.2) is 35.5 Å². The molecule has 0 aliphatic carbocycles. The Morgan fingerprint density at radius 2 is 1.97 bits per heavy atom. The summed E-state index contributed by atoms with van der Waals surface area (Å²) < 4.78 is 44.1. The van der Waals surface area contributed by atoms with Gasteiger partial charge in [-0.05, 0) is 42.7 Å². The van der Waals surface area contributed by atoms with E-state index in [-0.39, 0.29) is 11.7 Å². The van der Waals surface area contributed by atoms with Gasteiger partial charge in [-0.2, -0.15) is 23.5 Å². The van der Waals surface area contributed by atoms with E-state index in [1.165, 1.54) is 6.07 Å². The highest BCUT2D eigenvalue weighted by Gasteiger charge is 2.28. The van der Waals surface area contributed by atoms with Crippen LogP contribution in [0.2, 0.25) is 0 Å². The van der Waals surface area contributed by atoms with Crippen LogP contribution in [0, 0.1) is 17.2 Å². The van der Waals surface area contributed by atoms with Gasteiger partial charge in [-0.15, -0.1) is 0 Å². The van der Waals surface area contributed by atoms with Crippen molar-refractivity contribution < 1.29 is 17.9 Å². The van der Waals surface area contributed by atoms with Crippen LogP contribution in [0.5, 0.6) is 5.75 Å². The van der Waals surface area contributed by atoms with Gasteiger partial charge < -0.3 is 9.64 Å². The minimum absolute atomic E-state index is 0.0813. The number of ether oxygens (including phenoxy) is 1. The largest absolute Gasteiger partial charge is 0.484 e. The molecule has 0 amide bonds. The van der Waals surface area contributed by atoms with Crippen molar-refractivity contribution in [1.29, 1.82) is 5.26 Å². The number of nitrogens with zero attached hydrogens (tertiary/aromatic N) is 4. The first-order valence-electron chi connectivity index (χ1n) is 9.35. The molecule has 0 bridgehead atoms. The predicted octanol–water partition coefficient (Wildman–Crippen LogP) is 4.68. The highest BCUT2D eigenvalue weighted by Crippen LogP contribution is 2.35. The molecule has 0 radical (unpaired) electrons. The Morgan fingerprint density at radius 3 is 2.69 bits per heavy atom. The fourth-order valence-corrected chi connectivity index (χ4v) is 3.66. The Kier molecular flexibility index (Phi) is 5.05. The van der Waals surface area contributed by atoms with Gasteiger partial charge in [0.15, 0.2) is 6.61 Å². The van der Waals surface area contributed by atoms with Crippen molar-refractivity contribution in [3.63, 3.8) is 0 Å². The second-order valence-electron chi connectivity index (χ2n) is 7.07. The van der Waals surface area contributed by atoms with E-state index in [4.69, 9.17) is 10.00 Å². The second kappa shape index (κ2) is 7.66. The molecule has 1 saturated heterocycles. The number of hydrogen-bond donors (Lipinski definition) is 0. The molecule has 0 N–H and O–H groups in total. The zero-order valence-electron chi connectivity index (χ0n) is 15.6. The Morgan fingerprint density at radius 1 is 1.17 bits per heavy atom. The monoisotopic (exact) mass is 400 g/mol. The van der Waals surface area contributed by atoms with Crippen LogP contribution >= 0.6 is 0 Å². The Labute approximate surface area is 165 Å². The van der Waals surface area contributed by atoms with Crippen LogP contribution in [0.15, 0.2) is 48.8 Å². The first kappa shape index (κ1) is 19.1. The molecule has 8 heteroatoms. The fraction of sp³-hybridized carbons (Fsp3) is 0.333. The topological polar surface area (TPSA) is 53.6 Å². The molecule has 1 aromatic carbocycles. The first-order chi connectivity index (χ1) is 13.9. The minimum atomic E-state index is -4.39. The van der Waals surface area contributed by atoms with Crippen LogP contribution in [0.1, 0.15) is 12.8 Å². The zero-order chi connectivity index (χ0) is 20.4. The van der Waals surface area contributed by atoms with Crippen molar-refractivity contribution in [2.75, 3.05) is 24.6 Å². The highest BCUT2D eigenvalue weighted by molar-refractivity contribution is 5.90. The van der Waals surface area contributed by atoms with Crippen LogP contribution in [0.25, 0.3) is 16.6 Å². The van der Waals surface area contributed by atoms with E-state index < -0.39 is 12.8 Å². The average Bonchev–Trinajstić information content (AvgIpc) is 3.16. The number of benzene rings is 1. The van der Waals surface area contributed by atoms with E-state index in [0.717, 1.165) is 48.3 Å². The SMILES string of the molecule is N#CC1CCN(c2cccn3ncc(-c4cccc(OCC(F)(F)F)c4)c23)CC1. The summed E-state index contributed by atoms with van der Waals surface area (Å²) in [4.78, 5) is 2.23. The Bertz CT molecular complexity index is 1050. The van der Waals surface area contributed by atoms with Gasteiger partial charge in [0.05, 0.1) is 23.5 Å². The third-order valence-electron chi connectivity index (χ3n) is 5.09. The van der Waals surface area contributed by atoms with Crippen molar-refractivity contribution >= 4 is 11.2 Å². The molecule has 1 aliphatic rings. The number of hydrogen-bond acceptors (Lipinski definition) is 4. The van der Waals surface area contributed by atoms with Crippen LogP contribution in [-0.2, 0) is 0 Å². The maximum absolute atomic E-state index is 12.5. The summed E-state index contributed by atoms with van der Waals surface area (Å²) in [6.07, 6.45) is 0.783. The number of aromatic nitrogens is 2. The van der Waals surface area contributed by atoms with Gasteiger partial charge in [-0.3, -0.25) is 0 Å². The normalized spacial score (nSPS) is 15.4. The third kappa shape index (κ3) is 4.14. The number of halogens is 3. The van der Waals surface area contributed by atoms with Crippen molar-refractivity contribution in [3.8, 4) is 22.9 Å². The quantitative estimate of drug-likeness (QED) is 0.638. The number of alkyl halides is 3. The molecular weight excluding hydrogens is 381 g/mol. The smallest absolute Gasteiger partial charge is 0.422 e. The number of pyridine rings is 1. The number of piperidine rings is 1. The average molecular weight is 400 g/mol. The van der Waals surface area contributed by atoms with Crippen LogP contribution in [0.3, 0.4) is 0 Å². The van der Waals surface area contributed by atoms with Gasteiger partial charge in [-0.25, -0.2) is 4.52 Å². The number of rotatable bonds is 4. The van der Waals surface area contributed by atoms with Crippen molar-refractivity contribution in [2.24, 2.45) is 5.92 Å². The lowest BCUT2D eigenvalue weighted by molar-refractivity contribution is -0.153. The maximum Gasteiger partial charge on any atom is 0.422 e. The highest BCUT2D eigenvalue weighted by atomic mass is 19.4. The van der Waals surface area contributed by atoms with E-state index in [1.54, 1.807) is 22.8 Å². The van der Waals surface area contributed by atoms with E-state index in [9.17, 15) is 13.2 Å². The van der Waals surface area contributed by atoms with Crippen molar-refractivity contribution in [2.45, 2.75) is 19.0 Å². The van der Waals surface area contributed by atoms with Gasteiger partial charge in [0.1, 0.15) is 5.75 Å². The first-order valence-corrected chi connectivity index (χ1v) is 9.35. The zero-order valence-corrected chi connectivity index (χ0v) is 15.6. The molecule has 29 heavy (non-hydrogen) atoms. The van der Waals surface area contributed by atoms with Gasteiger partial charge >= 0.3 is 6.18 Å². The summed E-state index contributed by atoms with van der Waals surface area (Å²) in [5.41, 5.74) is 3.44. The van der Waals surface area contributed by atoms with Gasteiger partial charge in [0.2, 0.25) is 0 Å². The molecule has 4 rings (SSSR count). The number of nitriles is 1. The lowest BCUT2D eigenvalue weighted by Gasteiger charge is -2.31. The number of anilines is 1. The van der Waals surface area contributed by atoms with Crippen molar-refractivity contribution in [3.05, 3.63) is 48.8 Å². The lowest BCUT2D eigenvalue weighted by atomic mass is 9.97. The molecule has 0 spiro atoms. The summed E-state index contributed by atoms with van der Waals surface area (Å²) >= 11 is 0. The molecule has 0 unspecified atom stereocenters. The standard InChI is InChI=1S/C21H19F3N4O/c22-21(23,24)14-29-17-4-1-3-16(11-17)18-13-26-28-8-2-5-19(20(18)28)27-9-6-15(12-25)7-10-27/h1-5,8,11,13,15H,6-7,9-10,14H2. The van der Waals surface area contributed by atoms with E-state index in [2.05, 4.69) is 16.1 Å². The van der Waals surface area contributed by atoms with Crippen LogP contribution < -0.4 is 9.64 Å². The summed E-state index contributed by atoms with van der Waals surface area (Å²) in [7, 11) is 0. The molecule has 0 saturated carbocycles. The molecule has 1 fully saturated rings. The minimum Gasteiger partial charge on any atom is -0.484 e. The molecule has 3 aromatic rings. The predicted molar refractivity (Wildman–Crippen MR) is 103 cm³/mol. The molecule has 5 nitrogen and oxygen atoms in total. The maximum atomic E-state index is 12.5. The van der Waals surface area contributed by atoms with E-state index >= 15 is 0 Å². The fourth-order valence-electron chi connectivity index (χ4n) is 3.66. The number of fused-ring (bicyclic) bond motifs is 1. The Hall–Kier alpha value is -3.21. The summed E-state index contributed by atoms with van der Waals surface area (Å²) in [5, 5.41) is 13.5. The molecular formula is C21H19F3N4O. The summed E-state index contributed by atoms with van der Waals surface area (Å²) in [5.74, 6) is 0.240. The lowest BCUT2D eigenvalue weighted by Crippen LogP contribution is -2.33. The van der Waals surface area contributed by atoms with Crippen molar-refractivity contribution in [1.82, 2.24) is 9.61 Å². The van der Waals surface area contributed by atoms with Crippen LogP contribution in [0.4, 0.5) is 18.9 Å². The molecule has 150 valence electrons. The molecule has 0 atom stereocenters. The third-order valence-corrected chi connectivity index (χ3v) is 5.09.